The van der Waals surface area contributed by atoms with Gasteiger partial charge in [0.15, 0.2) is 5.78 Å². The summed E-state index contributed by atoms with van der Waals surface area (Å²) in [5.41, 5.74) is 3.80. The van der Waals surface area contributed by atoms with Gasteiger partial charge < -0.3 is 4.57 Å². The quantitative estimate of drug-likeness (QED) is 0.331. The molecule has 0 atom stereocenters. The van der Waals surface area contributed by atoms with Crippen molar-refractivity contribution in [3.05, 3.63) is 114 Å². The largest absolute Gasteiger partial charge is 0.342 e. The molecule has 1 heterocycles. The zero-order valence-electron chi connectivity index (χ0n) is 14.7. The number of allylic oxidation sites excluding steroid dienone is 1. The zero-order chi connectivity index (χ0) is 18.6. The summed E-state index contributed by atoms with van der Waals surface area (Å²) in [6.07, 6.45) is 5.43. The molecule has 2 nitrogen and oxygen atoms in total. The van der Waals surface area contributed by atoms with Gasteiger partial charge in [-0.05, 0) is 48.0 Å². The molecule has 0 spiro atoms. The highest BCUT2D eigenvalue weighted by molar-refractivity contribution is 6.07. The van der Waals surface area contributed by atoms with Crippen molar-refractivity contribution in [3.8, 4) is 0 Å². The maximum Gasteiger partial charge on any atom is 0.185 e. The third-order valence-electron chi connectivity index (χ3n) is 4.56. The van der Waals surface area contributed by atoms with E-state index in [1.165, 1.54) is 29.8 Å². The number of nitrogens with zero attached hydrogens (tertiary/aromatic N) is 1. The van der Waals surface area contributed by atoms with Crippen molar-refractivity contribution in [1.29, 1.82) is 0 Å². The molecule has 0 saturated carbocycles. The number of aromatic nitrogens is 1. The Morgan fingerprint density at radius 2 is 1.59 bits per heavy atom. The fraction of sp³-hybridized carbons (Fsp3) is 0.0417. The first-order chi connectivity index (χ1) is 13.2. The Labute approximate surface area is 157 Å². The van der Waals surface area contributed by atoms with Gasteiger partial charge in [-0.2, -0.15) is 0 Å². The molecule has 0 amide bonds. The molecule has 4 aromatic rings. The molecule has 3 aromatic carbocycles. The van der Waals surface area contributed by atoms with E-state index in [9.17, 15) is 9.18 Å². The minimum atomic E-state index is -0.348. The van der Waals surface area contributed by atoms with Crippen LogP contribution in [0.15, 0.2) is 91.1 Å². The minimum absolute atomic E-state index is 0.144. The predicted octanol–water partition coefficient (Wildman–Crippen LogP) is 5.72. The van der Waals surface area contributed by atoms with Crippen LogP contribution in [0.4, 0.5) is 4.39 Å². The lowest BCUT2D eigenvalue weighted by molar-refractivity contribution is 0.104. The molecule has 132 valence electrons. The number of para-hydroxylation sites is 1. The molecular weight excluding hydrogens is 337 g/mol. The molecule has 0 N–H and O–H groups in total. The molecule has 4 rings (SSSR count). The molecule has 0 aliphatic rings. The number of carbonyl (C=O) groups is 1. The first kappa shape index (κ1) is 17.0. The standard InChI is InChI=1S/C24H18FNO/c25-21-13-10-19(11-14-21)24(27)15-12-20-17-26(16-18-6-2-1-3-7-18)23-9-5-4-8-22(20)23/h1-15,17H,16H2/b15-12+. The Morgan fingerprint density at radius 1 is 0.889 bits per heavy atom. The summed E-state index contributed by atoms with van der Waals surface area (Å²) in [5.74, 6) is -0.491. The van der Waals surface area contributed by atoms with Crippen LogP contribution in [0.1, 0.15) is 21.5 Å². The van der Waals surface area contributed by atoms with E-state index in [1.807, 2.05) is 36.4 Å². The van der Waals surface area contributed by atoms with Gasteiger partial charge in [-0.25, -0.2) is 4.39 Å². The number of carbonyl (C=O) groups excluding carboxylic acids is 1. The van der Waals surface area contributed by atoms with E-state index in [4.69, 9.17) is 0 Å². The van der Waals surface area contributed by atoms with Crippen LogP contribution in [0.3, 0.4) is 0 Å². The smallest absolute Gasteiger partial charge is 0.185 e. The molecule has 0 fully saturated rings. The average Bonchev–Trinajstić information content (AvgIpc) is 3.05. The van der Waals surface area contributed by atoms with Crippen LogP contribution >= 0.6 is 0 Å². The highest BCUT2D eigenvalue weighted by Gasteiger charge is 2.08. The summed E-state index contributed by atoms with van der Waals surface area (Å²) in [6.45, 7) is 0.765. The van der Waals surface area contributed by atoms with E-state index >= 15 is 0 Å². The van der Waals surface area contributed by atoms with Gasteiger partial charge in [0.2, 0.25) is 0 Å². The number of hydrogen-bond donors (Lipinski definition) is 0. The maximum absolute atomic E-state index is 13.0. The lowest BCUT2D eigenvalue weighted by Crippen LogP contribution is -1.97. The van der Waals surface area contributed by atoms with Gasteiger partial charge in [0.05, 0.1) is 0 Å². The van der Waals surface area contributed by atoms with Crippen LogP contribution in [0, 0.1) is 5.82 Å². The predicted molar refractivity (Wildman–Crippen MR) is 107 cm³/mol. The number of rotatable bonds is 5. The van der Waals surface area contributed by atoms with Crippen molar-refractivity contribution in [2.45, 2.75) is 6.54 Å². The maximum atomic E-state index is 13.0. The van der Waals surface area contributed by atoms with E-state index in [2.05, 4.69) is 35.0 Å². The van der Waals surface area contributed by atoms with Crippen molar-refractivity contribution in [2.75, 3.05) is 0 Å². The van der Waals surface area contributed by atoms with Crippen LogP contribution in [-0.4, -0.2) is 10.4 Å². The second-order valence-corrected chi connectivity index (χ2v) is 6.42. The van der Waals surface area contributed by atoms with Gasteiger partial charge in [-0.1, -0.05) is 48.5 Å². The minimum Gasteiger partial charge on any atom is -0.342 e. The Kier molecular flexibility index (Phi) is 4.67. The van der Waals surface area contributed by atoms with Crippen LogP contribution in [-0.2, 0) is 6.54 Å². The topological polar surface area (TPSA) is 22.0 Å². The zero-order valence-corrected chi connectivity index (χ0v) is 14.7. The highest BCUT2D eigenvalue weighted by Crippen LogP contribution is 2.24. The highest BCUT2D eigenvalue weighted by atomic mass is 19.1. The third-order valence-corrected chi connectivity index (χ3v) is 4.56. The second kappa shape index (κ2) is 7.42. The molecule has 27 heavy (non-hydrogen) atoms. The number of ketones is 1. The molecule has 0 aliphatic heterocycles. The summed E-state index contributed by atoms with van der Waals surface area (Å²) >= 11 is 0. The Balaban J connectivity index is 1.65. The fourth-order valence-corrected chi connectivity index (χ4v) is 3.19. The van der Waals surface area contributed by atoms with Crippen molar-refractivity contribution < 1.29 is 9.18 Å². The molecule has 0 bridgehead atoms. The van der Waals surface area contributed by atoms with Crippen molar-refractivity contribution >= 4 is 22.8 Å². The Morgan fingerprint density at radius 3 is 2.37 bits per heavy atom. The molecular formula is C24H18FNO. The number of hydrogen-bond acceptors (Lipinski definition) is 1. The number of fused-ring (bicyclic) bond motifs is 1. The third kappa shape index (κ3) is 3.72. The van der Waals surface area contributed by atoms with Gasteiger partial charge in [-0.15, -0.1) is 0 Å². The van der Waals surface area contributed by atoms with Crippen LogP contribution in [0.25, 0.3) is 17.0 Å². The van der Waals surface area contributed by atoms with Gasteiger partial charge >= 0.3 is 0 Å². The Bertz CT molecular complexity index is 1110. The van der Waals surface area contributed by atoms with Gasteiger partial charge in [-0.3, -0.25) is 4.79 Å². The van der Waals surface area contributed by atoms with Gasteiger partial charge in [0.1, 0.15) is 5.82 Å². The van der Waals surface area contributed by atoms with E-state index in [0.717, 1.165) is 23.0 Å². The fourth-order valence-electron chi connectivity index (χ4n) is 3.19. The first-order valence-electron chi connectivity index (χ1n) is 8.80. The normalized spacial score (nSPS) is 11.3. The average molecular weight is 355 g/mol. The molecule has 0 unspecified atom stereocenters. The van der Waals surface area contributed by atoms with Gasteiger partial charge in [0, 0.05) is 34.8 Å². The molecule has 3 heteroatoms. The molecule has 1 aromatic heterocycles. The van der Waals surface area contributed by atoms with E-state index in [-0.39, 0.29) is 11.6 Å². The monoisotopic (exact) mass is 355 g/mol. The first-order valence-corrected chi connectivity index (χ1v) is 8.80. The molecule has 0 radical (unpaired) electrons. The summed E-state index contributed by atoms with van der Waals surface area (Å²) < 4.78 is 15.2. The molecule has 0 saturated heterocycles. The Hall–Kier alpha value is -3.46. The lowest BCUT2D eigenvalue weighted by Gasteiger charge is -2.05. The van der Waals surface area contributed by atoms with Crippen LogP contribution < -0.4 is 0 Å². The van der Waals surface area contributed by atoms with E-state index in [1.54, 1.807) is 6.08 Å². The van der Waals surface area contributed by atoms with E-state index in [0.29, 0.717) is 5.56 Å². The number of benzene rings is 3. The summed E-state index contributed by atoms with van der Waals surface area (Å²) in [5, 5.41) is 1.09. The second-order valence-electron chi connectivity index (χ2n) is 6.42. The van der Waals surface area contributed by atoms with Crippen molar-refractivity contribution in [1.82, 2.24) is 4.57 Å². The van der Waals surface area contributed by atoms with Gasteiger partial charge in [0.25, 0.3) is 0 Å². The SMILES string of the molecule is O=C(/C=C/c1cn(Cc2ccccc2)c2ccccc12)c1ccc(F)cc1. The molecule has 0 aliphatic carbocycles. The van der Waals surface area contributed by atoms with Crippen LogP contribution in [0.5, 0.6) is 0 Å². The van der Waals surface area contributed by atoms with E-state index < -0.39 is 0 Å². The summed E-state index contributed by atoms with van der Waals surface area (Å²) in [7, 11) is 0. The number of halogens is 1. The lowest BCUT2D eigenvalue weighted by atomic mass is 10.1. The summed E-state index contributed by atoms with van der Waals surface area (Å²) in [4.78, 5) is 12.3. The summed E-state index contributed by atoms with van der Waals surface area (Å²) in [6, 6.07) is 24.0. The van der Waals surface area contributed by atoms with Crippen LogP contribution in [0.2, 0.25) is 0 Å². The van der Waals surface area contributed by atoms with Crippen molar-refractivity contribution in [3.63, 3.8) is 0 Å². The van der Waals surface area contributed by atoms with Crippen molar-refractivity contribution in [2.24, 2.45) is 0 Å².